The van der Waals surface area contributed by atoms with E-state index in [0.29, 0.717) is 13.1 Å². The van der Waals surface area contributed by atoms with Gasteiger partial charge >= 0.3 is 0 Å². The van der Waals surface area contributed by atoms with Crippen LogP contribution >= 0.6 is 11.3 Å². The number of hydrogen-bond acceptors (Lipinski definition) is 4. The Labute approximate surface area is 145 Å². The van der Waals surface area contributed by atoms with Crippen LogP contribution in [0.4, 0.5) is 0 Å². The summed E-state index contributed by atoms with van der Waals surface area (Å²) < 4.78 is 5.56. The van der Waals surface area contributed by atoms with Crippen molar-refractivity contribution in [3.05, 3.63) is 16.1 Å². The van der Waals surface area contributed by atoms with Crippen LogP contribution in [0.3, 0.4) is 0 Å². The normalized spacial score (nSPS) is 14.7. The zero-order chi connectivity index (χ0) is 17.7. The van der Waals surface area contributed by atoms with E-state index < -0.39 is 0 Å². The monoisotopic (exact) mass is 340 g/mol. The van der Waals surface area contributed by atoms with Crippen LogP contribution < -0.4 is 10.6 Å². The summed E-state index contributed by atoms with van der Waals surface area (Å²) in [7, 11) is 3.52. The van der Waals surface area contributed by atoms with Gasteiger partial charge in [0.05, 0.1) is 18.3 Å². The van der Waals surface area contributed by atoms with Crippen LogP contribution in [0.1, 0.15) is 52.2 Å². The SMILES string of the molecule is CN=C(NCc1nc(C(C)(C)C)cs1)NCC(OC)C(C)(C)C. The maximum absolute atomic E-state index is 5.56. The second kappa shape index (κ2) is 8.11. The van der Waals surface area contributed by atoms with E-state index in [1.54, 1.807) is 25.5 Å². The Morgan fingerprint density at radius 1 is 1.26 bits per heavy atom. The van der Waals surface area contributed by atoms with E-state index in [-0.39, 0.29) is 16.9 Å². The third kappa shape index (κ3) is 6.47. The van der Waals surface area contributed by atoms with E-state index in [1.165, 1.54) is 0 Å². The largest absolute Gasteiger partial charge is 0.379 e. The zero-order valence-electron chi connectivity index (χ0n) is 15.8. The van der Waals surface area contributed by atoms with Gasteiger partial charge in [0.1, 0.15) is 5.01 Å². The van der Waals surface area contributed by atoms with Gasteiger partial charge in [-0.05, 0) is 5.41 Å². The Balaban J connectivity index is 2.53. The van der Waals surface area contributed by atoms with Gasteiger partial charge < -0.3 is 15.4 Å². The number of hydrogen-bond donors (Lipinski definition) is 2. The number of nitrogens with zero attached hydrogens (tertiary/aromatic N) is 2. The Kier molecular flexibility index (Phi) is 7.02. The van der Waals surface area contributed by atoms with Gasteiger partial charge in [-0.3, -0.25) is 4.99 Å². The lowest BCUT2D eigenvalue weighted by molar-refractivity contribution is 0.0205. The first-order valence-corrected chi connectivity index (χ1v) is 8.88. The van der Waals surface area contributed by atoms with Gasteiger partial charge in [-0.15, -0.1) is 11.3 Å². The molecule has 0 radical (unpaired) electrons. The molecule has 0 aromatic carbocycles. The molecule has 1 atom stereocenters. The van der Waals surface area contributed by atoms with Crippen molar-refractivity contribution in [1.82, 2.24) is 15.6 Å². The van der Waals surface area contributed by atoms with Crippen LogP contribution in [-0.4, -0.2) is 37.7 Å². The molecule has 1 aromatic heterocycles. The summed E-state index contributed by atoms with van der Waals surface area (Å²) in [5.41, 5.74) is 1.30. The molecule has 0 saturated heterocycles. The molecule has 132 valence electrons. The van der Waals surface area contributed by atoms with Crippen molar-refractivity contribution in [2.45, 2.75) is 59.6 Å². The highest BCUT2D eigenvalue weighted by atomic mass is 32.1. The second-order valence-corrected chi connectivity index (χ2v) is 8.72. The molecule has 23 heavy (non-hydrogen) atoms. The third-order valence-electron chi connectivity index (χ3n) is 3.66. The van der Waals surface area contributed by atoms with Crippen molar-refractivity contribution in [1.29, 1.82) is 0 Å². The summed E-state index contributed by atoms with van der Waals surface area (Å²) in [6.07, 6.45) is 0.119. The van der Waals surface area contributed by atoms with Gasteiger partial charge in [0.25, 0.3) is 0 Å². The summed E-state index contributed by atoms with van der Waals surface area (Å²) in [6.45, 7) is 14.4. The Hall–Kier alpha value is -1.14. The topological polar surface area (TPSA) is 58.5 Å². The van der Waals surface area contributed by atoms with Crippen molar-refractivity contribution in [2.24, 2.45) is 10.4 Å². The minimum Gasteiger partial charge on any atom is -0.379 e. The van der Waals surface area contributed by atoms with E-state index in [9.17, 15) is 0 Å². The maximum atomic E-state index is 5.56. The lowest BCUT2D eigenvalue weighted by atomic mass is 9.89. The van der Waals surface area contributed by atoms with E-state index in [1.807, 2.05) is 0 Å². The highest BCUT2D eigenvalue weighted by molar-refractivity contribution is 7.09. The quantitative estimate of drug-likeness (QED) is 0.638. The lowest BCUT2D eigenvalue weighted by Crippen LogP contribution is -2.45. The molecule has 0 bridgehead atoms. The van der Waals surface area contributed by atoms with E-state index >= 15 is 0 Å². The number of aromatic nitrogens is 1. The molecule has 5 nitrogen and oxygen atoms in total. The molecule has 0 saturated carbocycles. The summed E-state index contributed by atoms with van der Waals surface area (Å²) in [5, 5.41) is 9.84. The van der Waals surface area contributed by atoms with Gasteiger partial charge in [-0.1, -0.05) is 41.5 Å². The van der Waals surface area contributed by atoms with Crippen LogP contribution in [0.2, 0.25) is 0 Å². The predicted molar refractivity (Wildman–Crippen MR) is 99.3 cm³/mol. The van der Waals surface area contributed by atoms with Crippen LogP contribution in [-0.2, 0) is 16.7 Å². The molecular formula is C17H32N4OS. The van der Waals surface area contributed by atoms with Gasteiger partial charge in [0.15, 0.2) is 5.96 Å². The van der Waals surface area contributed by atoms with Crippen LogP contribution in [0.15, 0.2) is 10.4 Å². The van der Waals surface area contributed by atoms with Crippen molar-refractivity contribution >= 4 is 17.3 Å². The molecule has 1 unspecified atom stereocenters. The molecular weight excluding hydrogens is 308 g/mol. The standard InChI is InChI=1S/C17H32N4OS/c1-16(2,3)12-11-23-14(21-12)10-20-15(18-7)19-9-13(22-8)17(4,5)6/h11,13H,9-10H2,1-8H3,(H2,18,19,20). The number of ether oxygens (including phenoxy) is 1. The summed E-state index contributed by atoms with van der Waals surface area (Å²) in [5.74, 6) is 0.767. The van der Waals surface area contributed by atoms with E-state index in [4.69, 9.17) is 4.74 Å². The van der Waals surface area contributed by atoms with Crippen LogP contribution in [0.25, 0.3) is 0 Å². The van der Waals surface area contributed by atoms with Gasteiger partial charge in [0.2, 0.25) is 0 Å². The molecule has 0 aliphatic heterocycles. The van der Waals surface area contributed by atoms with Gasteiger partial charge in [-0.25, -0.2) is 4.98 Å². The third-order valence-corrected chi connectivity index (χ3v) is 4.50. The Morgan fingerprint density at radius 2 is 1.91 bits per heavy atom. The first-order chi connectivity index (χ1) is 10.6. The number of aliphatic imine (C=N–C) groups is 1. The van der Waals surface area contributed by atoms with E-state index in [0.717, 1.165) is 16.7 Å². The second-order valence-electron chi connectivity index (χ2n) is 7.77. The summed E-state index contributed by atoms with van der Waals surface area (Å²) in [4.78, 5) is 8.95. The fourth-order valence-electron chi connectivity index (χ4n) is 2.05. The first kappa shape index (κ1) is 19.9. The van der Waals surface area contributed by atoms with Crippen molar-refractivity contribution in [2.75, 3.05) is 20.7 Å². The Bertz CT molecular complexity index is 511. The van der Waals surface area contributed by atoms with Gasteiger partial charge in [0, 0.05) is 31.5 Å². The maximum Gasteiger partial charge on any atom is 0.191 e. The highest BCUT2D eigenvalue weighted by Crippen LogP contribution is 2.23. The molecule has 1 heterocycles. The van der Waals surface area contributed by atoms with Crippen LogP contribution in [0, 0.1) is 5.41 Å². The molecule has 1 rings (SSSR count). The molecule has 0 aliphatic carbocycles. The number of methoxy groups -OCH3 is 1. The highest BCUT2D eigenvalue weighted by Gasteiger charge is 2.24. The average Bonchev–Trinajstić information content (AvgIpc) is 2.90. The minimum absolute atomic E-state index is 0.0809. The first-order valence-electron chi connectivity index (χ1n) is 8.00. The molecule has 0 aliphatic rings. The van der Waals surface area contributed by atoms with Crippen molar-refractivity contribution < 1.29 is 4.74 Å². The Morgan fingerprint density at radius 3 is 2.35 bits per heavy atom. The lowest BCUT2D eigenvalue weighted by Gasteiger charge is -2.30. The fraction of sp³-hybridized carbons (Fsp3) is 0.765. The number of nitrogens with one attached hydrogen (secondary N) is 2. The molecule has 2 N–H and O–H groups in total. The smallest absolute Gasteiger partial charge is 0.191 e. The molecule has 0 amide bonds. The van der Waals surface area contributed by atoms with E-state index in [2.05, 4.69) is 67.5 Å². The van der Waals surface area contributed by atoms with Crippen molar-refractivity contribution in [3.8, 4) is 0 Å². The predicted octanol–water partition coefficient (Wildman–Crippen LogP) is 3.17. The summed E-state index contributed by atoms with van der Waals surface area (Å²) >= 11 is 1.68. The molecule has 0 fully saturated rings. The molecule has 1 aromatic rings. The fourth-order valence-corrected chi connectivity index (χ4v) is 3.01. The average molecular weight is 341 g/mol. The summed E-state index contributed by atoms with van der Waals surface area (Å²) in [6, 6.07) is 0. The molecule has 6 heteroatoms. The number of guanidine groups is 1. The minimum atomic E-state index is 0.0809. The van der Waals surface area contributed by atoms with Crippen LogP contribution in [0.5, 0.6) is 0 Å². The van der Waals surface area contributed by atoms with Crippen molar-refractivity contribution in [3.63, 3.8) is 0 Å². The number of rotatable bonds is 5. The van der Waals surface area contributed by atoms with Gasteiger partial charge in [-0.2, -0.15) is 0 Å². The zero-order valence-corrected chi connectivity index (χ0v) is 16.6. The molecule has 0 spiro atoms. The number of thiazole rings is 1.